The normalized spacial score (nSPS) is 9.70. The molecule has 23 heavy (non-hydrogen) atoms. The Labute approximate surface area is 145 Å². The van der Waals surface area contributed by atoms with Crippen molar-refractivity contribution in [2.75, 3.05) is 0 Å². The van der Waals surface area contributed by atoms with Crippen molar-refractivity contribution in [1.29, 1.82) is 0 Å². The Bertz CT molecular complexity index is 631. The number of benzene rings is 1. The molecule has 2 nitrogen and oxygen atoms in total. The van der Waals surface area contributed by atoms with Crippen LogP contribution in [0.2, 0.25) is 5.15 Å². The van der Waals surface area contributed by atoms with Gasteiger partial charge in [0.05, 0.1) is 0 Å². The van der Waals surface area contributed by atoms with Crippen LogP contribution in [0.1, 0.15) is 33.5 Å². The summed E-state index contributed by atoms with van der Waals surface area (Å²) in [5.41, 5.74) is 2.59. The van der Waals surface area contributed by atoms with E-state index in [0.717, 1.165) is 16.7 Å². The maximum Gasteiger partial charge on any atom is 0.160 e. The molecule has 0 saturated heterocycles. The Morgan fingerprint density at radius 1 is 1.04 bits per heavy atom. The van der Waals surface area contributed by atoms with Gasteiger partial charge in [0, 0.05) is 17.3 Å². The minimum atomic E-state index is 0.424. The molecule has 3 heteroatoms. The summed E-state index contributed by atoms with van der Waals surface area (Å²) in [4.78, 5) is 8.63. The molecular weight excluding hydrogens is 304 g/mol. The average molecular weight is 329 g/mol. The van der Waals surface area contributed by atoms with E-state index in [2.05, 4.69) is 23.1 Å². The van der Waals surface area contributed by atoms with Gasteiger partial charge in [-0.3, -0.25) is 0 Å². The molecule has 0 radical (unpaired) electrons. The molecule has 2 aromatic rings. The summed E-state index contributed by atoms with van der Waals surface area (Å²) in [5, 5.41) is 0.424. The van der Waals surface area contributed by atoms with Crippen LogP contribution in [-0.4, -0.2) is 9.97 Å². The Morgan fingerprint density at radius 3 is 2.13 bits per heavy atom. The first-order valence-corrected chi connectivity index (χ1v) is 8.17. The number of allylic oxidation sites excluding steroid dienone is 4. The highest BCUT2D eigenvalue weighted by atomic mass is 35.5. The molecule has 0 N–H and O–H groups in total. The SMILES string of the molecule is C=C/C=C(\C=C)c1ncc(-c2ccccc2)c(Cl)n1.CC.CC. The van der Waals surface area contributed by atoms with Crippen LogP contribution < -0.4 is 0 Å². The lowest BCUT2D eigenvalue weighted by Crippen LogP contribution is -1.94. The molecule has 1 heterocycles. The number of hydrogen-bond donors (Lipinski definition) is 0. The lowest BCUT2D eigenvalue weighted by atomic mass is 10.1. The van der Waals surface area contributed by atoms with E-state index in [0.29, 0.717) is 11.0 Å². The van der Waals surface area contributed by atoms with Crippen LogP contribution in [0.25, 0.3) is 16.7 Å². The van der Waals surface area contributed by atoms with Gasteiger partial charge in [0.15, 0.2) is 5.82 Å². The van der Waals surface area contributed by atoms with Crippen molar-refractivity contribution in [1.82, 2.24) is 9.97 Å². The lowest BCUT2D eigenvalue weighted by Gasteiger charge is -2.06. The second kappa shape index (κ2) is 12.4. The average Bonchev–Trinajstić information content (AvgIpc) is 2.63. The first kappa shape index (κ1) is 20.8. The fraction of sp³-hybridized carbons (Fsp3) is 0.200. The van der Waals surface area contributed by atoms with Crippen molar-refractivity contribution in [2.24, 2.45) is 0 Å². The zero-order valence-electron chi connectivity index (χ0n) is 14.4. The molecule has 2 rings (SSSR count). The largest absolute Gasteiger partial charge is 0.236 e. The molecule has 0 amide bonds. The van der Waals surface area contributed by atoms with Gasteiger partial charge in [-0.2, -0.15) is 0 Å². The number of aromatic nitrogens is 2. The molecule has 0 aliphatic carbocycles. The molecule has 0 spiro atoms. The fourth-order valence-electron chi connectivity index (χ4n) is 1.67. The second-order valence-electron chi connectivity index (χ2n) is 3.83. The van der Waals surface area contributed by atoms with Gasteiger partial charge in [-0.25, -0.2) is 9.97 Å². The predicted molar refractivity (Wildman–Crippen MR) is 104 cm³/mol. The topological polar surface area (TPSA) is 25.8 Å². The van der Waals surface area contributed by atoms with Gasteiger partial charge >= 0.3 is 0 Å². The Kier molecular flexibility index (Phi) is 11.2. The highest BCUT2D eigenvalue weighted by molar-refractivity contribution is 6.32. The maximum absolute atomic E-state index is 6.23. The molecule has 1 aromatic carbocycles. The van der Waals surface area contributed by atoms with Gasteiger partial charge < -0.3 is 0 Å². The van der Waals surface area contributed by atoms with E-state index in [1.807, 2.05) is 58.0 Å². The molecule has 0 fully saturated rings. The fourth-order valence-corrected chi connectivity index (χ4v) is 1.91. The van der Waals surface area contributed by atoms with Crippen molar-refractivity contribution >= 4 is 17.2 Å². The van der Waals surface area contributed by atoms with Crippen LogP contribution in [-0.2, 0) is 0 Å². The zero-order valence-corrected chi connectivity index (χ0v) is 15.1. The first-order chi connectivity index (χ1) is 11.3. The third-order valence-corrected chi connectivity index (χ3v) is 2.89. The standard InChI is InChI=1S/C16H13ClN2.2C2H6/c1-3-8-12(4-2)16-18-11-14(15(17)19-16)13-9-6-5-7-10-13;2*1-2/h3-11H,1-2H2;2*1-2H3/b12-8+;;. The van der Waals surface area contributed by atoms with Gasteiger partial charge in [-0.05, 0) is 5.56 Å². The van der Waals surface area contributed by atoms with E-state index in [-0.39, 0.29) is 0 Å². The zero-order chi connectivity index (χ0) is 17.7. The number of nitrogens with zero attached hydrogens (tertiary/aromatic N) is 2. The van der Waals surface area contributed by atoms with Crippen LogP contribution in [0.5, 0.6) is 0 Å². The Morgan fingerprint density at radius 2 is 1.65 bits per heavy atom. The second-order valence-corrected chi connectivity index (χ2v) is 4.18. The molecule has 0 aliphatic heterocycles. The van der Waals surface area contributed by atoms with Crippen LogP contribution in [0.15, 0.2) is 67.9 Å². The minimum Gasteiger partial charge on any atom is -0.236 e. The van der Waals surface area contributed by atoms with Crippen molar-refractivity contribution in [3.8, 4) is 11.1 Å². The smallest absolute Gasteiger partial charge is 0.160 e. The highest BCUT2D eigenvalue weighted by Gasteiger charge is 2.08. The summed E-state index contributed by atoms with van der Waals surface area (Å²) in [6, 6.07) is 9.80. The van der Waals surface area contributed by atoms with Crippen molar-refractivity contribution in [2.45, 2.75) is 27.7 Å². The Hall–Kier alpha value is -2.19. The van der Waals surface area contributed by atoms with Gasteiger partial charge in [-0.15, -0.1) is 0 Å². The molecule has 0 bridgehead atoms. The van der Waals surface area contributed by atoms with Crippen LogP contribution in [0, 0.1) is 0 Å². The first-order valence-electron chi connectivity index (χ1n) is 7.79. The molecule has 0 saturated carbocycles. The van der Waals surface area contributed by atoms with E-state index in [1.165, 1.54) is 0 Å². The number of hydrogen-bond acceptors (Lipinski definition) is 2. The summed E-state index contributed by atoms with van der Waals surface area (Å²) in [6.07, 6.45) is 6.86. The molecule has 0 aliphatic rings. The van der Waals surface area contributed by atoms with Crippen LogP contribution in [0.4, 0.5) is 0 Å². The molecule has 1 aromatic heterocycles. The predicted octanol–water partition coefficient (Wildman–Crippen LogP) is 6.60. The molecule has 0 unspecified atom stereocenters. The number of halogens is 1. The third-order valence-electron chi connectivity index (χ3n) is 2.60. The molecule has 122 valence electrons. The quantitative estimate of drug-likeness (QED) is 0.466. The third kappa shape index (κ3) is 6.21. The van der Waals surface area contributed by atoms with Crippen molar-refractivity contribution < 1.29 is 0 Å². The minimum absolute atomic E-state index is 0.424. The van der Waals surface area contributed by atoms with E-state index in [4.69, 9.17) is 11.6 Å². The van der Waals surface area contributed by atoms with Crippen LogP contribution >= 0.6 is 11.6 Å². The van der Waals surface area contributed by atoms with Gasteiger partial charge in [0.1, 0.15) is 5.15 Å². The van der Waals surface area contributed by atoms with Crippen molar-refractivity contribution in [3.63, 3.8) is 0 Å². The van der Waals surface area contributed by atoms with Gasteiger partial charge in [0.2, 0.25) is 0 Å². The summed E-state index contributed by atoms with van der Waals surface area (Å²) < 4.78 is 0. The van der Waals surface area contributed by atoms with Gasteiger partial charge in [0.25, 0.3) is 0 Å². The van der Waals surface area contributed by atoms with E-state index in [1.54, 1.807) is 24.4 Å². The number of rotatable bonds is 4. The molecule has 0 atom stereocenters. The summed E-state index contributed by atoms with van der Waals surface area (Å²) in [5.74, 6) is 0.541. The van der Waals surface area contributed by atoms with Crippen LogP contribution in [0.3, 0.4) is 0 Å². The lowest BCUT2D eigenvalue weighted by molar-refractivity contribution is 1.12. The Balaban J connectivity index is 0.00000112. The van der Waals surface area contributed by atoms with E-state index < -0.39 is 0 Å². The van der Waals surface area contributed by atoms with Gasteiger partial charge in [-0.1, -0.05) is 101 Å². The summed E-state index contributed by atoms with van der Waals surface area (Å²) in [7, 11) is 0. The van der Waals surface area contributed by atoms with E-state index in [9.17, 15) is 0 Å². The maximum atomic E-state index is 6.23. The molecular formula is C20H25ClN2. The summed E-state index contributed by atoms with van der Waals surface area (Å²) >= 11 is 6.23. The van der Waals surface area contributed by atoms with Crippen molar-refractivity contribution in [3.05, 3.63) is 78.9 Å². The monoisotopic (exact) mass is 328 g/mol. The van der Waals surface area contributed by atoms with E-state index >= 15 is 0 Å². The summed E-state index contributed by atoms with van der Waals surface area (Å²) in [6.45, 7) is 15.4. The highest BCUT2D eigenvalue weighted by Crippen LogP contribution is 2.26.